The van der Waals surface area contributed by atoms with Gasteiger partial charge in [-0.1, -0.05) is 61.2 Å². The van der Waals surface area contributed by atoms with Crippen LogP contribution in [0.2, 0.25) is 0 Å². The average Bonchev–Trinajstić information content (AvgIpc) is 3.27. The molecule has 0 N–H and O–H groups in total. The molecule has 160 valence electrons. The number of hydrazine groups is 1. The van der Waals surface area contributed by atoms with E-state index in [1.807, 2.05) is 30.3 Å². The number of nitrogens with zero attached hydrogens (tertiary/aromatic N) is 4. The van der Waals surface area contributed by atoms with E-state index in [2.05, 4.69) is 89.7 Å². The highest BCUT2D eigenvalue weighted by Crippen LogP contribution is 2.28. The van der Waals surface area contributed by atoms with Crippen molar-refractivity contribution < 1.29 is 0 Å². The van der Waals surface area contributed by atoms with Gasteiger partial charge in [0.15, 0.2) is 0 Å². The van der Waals surface area contributed by atoms with Crippen LogP contribution in [-0.4, -0.2) is 30.2 Å². The summed E-state index contributed by atoms with van der Waals surface area (Å²) < 4.78 is 0. The summed E-state index contributed by atoms with van der Waals surface area (Å²) in [6, 6.07) is 26.9. The molecule has 0 aliphatic carbocycles. The van der Waals surface area contributed by atoms with Gasteiger partial charge in [-0.05, 0) is 46.5 Å². The smallest absolute Gasteiger partial charge is 0.0991 e. The molecular weight excluding hydrogens is 392 g/mol. The molecule has 0 aromatic heterocycles. The van der Waals surface area contributed by atoms with Crippen molar-refractivity contribution in [2.75, 3.05) is 25.0 Å². The topological polar surface area (TPSA) is 33.5 Å². The predicted molar refractivity (Wildman–Crippen MR) is 132 cm³/mol. The first-order valence-electron chi connectivity index (χ1n) is 10.8. The highest BCUT2D eigenvalue weighted by Gasteiger charge is 2.23. The van der Waals surface area contributed by atoms with Crippen molar-refractivity contribution in [2.24, 2.45) is 0 Å². The molecule has 0 spiro atoms. The first kappa shape index (κ1) is 21.4. The second-order valence-corrected chi connectivity index (χ2v) is 8.09. The molecule has 32 heavy (non-hydrogen) atoms. The Morgan fingerprint density at radius 3 is 2.31 bits per heavy atom. The minimum atomic E-state index is 0.668. The van der Waals surface area contributed by atoms with Crippen LogP contribution in [0.5, 0.6) is 0 Å². The number of rotatable bonds is 8. The molecule has 1 aliphatic rings. The molecule has 3 aromatic rings. The Balaban J connectivity index is 1.49. The number of hydrogen-bond acceptors (Lipinski definition) is 4. The Kier molecular flexibility index (Phi) is 6.39. The molecule has 0 saturated heterocycles. The molecule has 0 bridgehead atoms. The van der Waals surface area contributed by atoms with Crippen molar-refractivity contribution in [3.05, 3.63) is 114 Å². The maximum Gasteiger partial charge on any atom is 0.0991 e. The van der Waals surface area contributed by atoms with Crippen molar-refractivity contribution in [1.82, 2.24) is 10.0 Å². The Bertz CT molecular complexity index is 1130. The second kappa shape index (κ2) is 9.55. The highest BCUT2D eigenvalue weighted by molar-refractivity contribution is 5.69. The fraction of sp³-hybridized carbons (Fsp3) is 0.179. The van der Waals surface area contributed by atoms with Crippen molar-refractivity contribution in [1.29, 1.82) is 5.26 Å². The van der Waals surface area contributed by atoms with E-state index in [1.165, 1.54) is 11.1 Å². The maximum absolute atomic E-state index is 9.05. The summed E-state index contributed by atoms with van der Waals surface area (Å²) in [5, 5.41) is 13.6. The fourth-order valence-corrected chi connectivity index (χ4v) is 4.09. The van der Waals surface area contributed by atoms with Gasteiger partial charge in [0.05, 0.1) is 18.2 Å². The lowest BCUT2D eigenvalue weighted by Gasteiger charge is -2.34. The van der Waals surface area contributed by atoms with Gasteiger partial charge in [0.2, 0.25) is 0 Å². The van der Waals surface area contributed by atoms with Crippen molar-refractivity contribution >= 4 is 5.69 Å². The highest BCUT2D eigenvalue weighted by atomic mass is 15.6. The molecule has 0 fully saturated rings. The summed E-state index contributed by atoms with van der Waals surface area (Å²) in [6.45, 7) is 11.6. The summed E-state index contributed by atoms with van der Waals surface area (Å²) in [4.78, 5) is 2.28. The van der Waals surface area contributed by atoms with E-state index < -0.39 is 0 Å². The van der Waals surface area contributed by atoms with Crippen LogP contribution in [0.3, 0.4) is 0 Å². The third-order valence-electron chi connectivity index (χ3n) is 5.99. The number of anilines is 1. The van der Waals surface area contributed by atoms with E-state index >= 15 is 0 Å². The quantitative estimate of drug-likeness (QED) is 0.445. The molecular formula is C28H28N4. The predicted octanol–water partition coefficient (Wildman–Crippen LogP) is 5.59. The van der Waals surface area contributed by atoms with Gasteiger partial charge >= 0.3 is 0 Å². The third-order valence-corrected chi connectivity index (χ3v) is 5.99. The normalized spacial score (nSPS) is 12.6. The van der Waals surface area contributed by atoms with Gasteiger partial charge in [-0.3, -0.25) is 0 Å². The lowest BCUT2D eigenvalue weighted by Crippen LogP contribution is -2.39. The fourth-order valence-electron chi connectivity index (χ4n) is 4.09. The lowest BCUT2D eigenvalue weighted by atomic mass is 10.0. The number of benzene rings is 3. The number of nitriles is 1. The van der Waals surface area contributed by atoms with E-state index in [0.29, 0.717) is 12.1 Å². The van der Waals surface area contributed by atoms with Gasteiger partial charge in [0.25, 0.3) is 0 Å². The Labute approximate surface area is 190 Å². The van der Waals surface area contributed by atoms with E-state index in [4.69, 9.17) is 5.26 Å². The Hall–Kier alpha value is -3.81. The summed E-state index contributed by atoms with van der Waals surface area (Å²) in [7, 11) is 2.09. The number of hydrogen-bond donors (Lipinski definition) is 0. The average molecular weight is 421 g/mol. The Morgan fingerprint density at radius 1 is 1.00 bits per heavy atom. The molecule has 0 saturated carbocycles. The summed E-state index contributed by atoms with van der Waals surface area (Å²) in [5.74, 6) is 0. The maximum atomic E-state index is 9.05. The van der Waals surface area contributed by atoms with E-state index in [1.54, 1.807) is 0 Å². The van der Waals surface area contributed by atoms with Gasteiger partial charge in [-0.15, -0.1) is 6.58 Å². The zero-order valence-electron chi connectivity index (χ0n) is 18.5. The largest absolute Gasteiger partial charge is 0.362 e. The van der Waals surface area contributed by atoms with Crippen LogP contribution in [0, 0.1) is 11.3 Å². The molecule has 0 atom stereocenters. The number of likely N-dealkylation sites (N-methyl/N-ethyl adjacent to an activating group) is 1. The zero-order chi connectivity index (χ0) is 22.5. The molecule has 4 heteroatoms. The van der Waals surface area contributed by atoms with Gasteiger partial charge in [-0.25, -0.2) is 5.01 Å². The molecule has 1 heterocycles. The molecule has 0 unspecified atom stereocenters. The van der Waals surface area contributed by atoms with Crippen LogP contribution in [0.4, 0.5) is 5.69 Å². The third kappa shape index (κ3) is 4.59. The Morgan fingerprint density at radius 2 is 1.69 bits per heavy atom. The van der Waals surface area contributed by atoms with Crippen LogP contribution in [0.25, 0.3) is 11.1 Å². The first-order valence-corrected chi connectivity index (χ1v) is 10.8. The van der Waals surface area contributed by atoms with E-state index in [9.17, 15) is 0 Å². The minimum absolute atomic E-state index is 0.668. The van der Waals surface area contributed by atoms with Crippen LogP contribution in [-0.2, 0) is 13.1 Å². The monoisotopic (exact) mass is 420 g/mol. The first-order chi connectivity index (χ1) is 15.6. The lowest BCUT2D eigenvalue weighted by molar-refractivity contribution is 0.0283. The molecule has 4 rings (SSSR count). The summed E-state index contributed by atoms with van der Waals surface area (Å²) >= 11 is 0. The van der Waals surface area contributed by atoms with Gasteiger partial charge in [0, 0.05) is 38.1 Å². The minimum Gasteiger partial charge on any atom is -0.362 e. The standard InChI is InChI=1S/C28H28N4/c1-4-16-31(19-22(2)30(3)32-20-26-8-5-6-9-27(26)21-32)28-11-7-10-25(17-28)24-14-12-23(18-29)13-15-24/h4-15,17H,1-2,16,19-21H2,3H3. The van der Waals surface area contributed by atoms with Crippen LogP contribution < -0.4 is 4.90 Å². The molecule has 0 radical (unpaired) electrons. The van der Waals surface area contributed by atoms with E-state index in [0.717, 1.165) is 42.1 Å². The van der Waals surface area contributed by atoms with Gasteiger partial charge < -0.3 is 9.91 Å². The summed E-state index contributed by atoms with van der Waals surface area (Å²) in [5.41, 5.74) is 7.79. The van der Waals surface area contributed by atoms with Crippen LogP contribution >= 0.6 is 0 Å². The number of fused-ring (bicyclic) bond motifs is 1. The van der Waals surface area contributed by atoms with Crippen LogP contribution in [0.15, 0.2) is 97.7 Å². The zero-order valence-corrected chi connectivity index (χ0v) is 18.5. The van der Waals surface area contributed by atoms with Crippen molar-refractivity contribution in [2.45, 2.75) is 13.1 Å². The molecule has 3 aromatic carbocycles. The molecule has 4 nitrogen and oxygen atoms in total. The SMILES string of the molecule is C=CCN(CC(=C)N(C)N1Cc2ccccc2C1)c1cccc(-c2ccc(C#N)cc2)c1. The van der Waals surface area contributed by atoms with Crippen molar-refractivity contribution in [3.8, 4) is 17.2 Å². The molecule has 0 amide bonds. The summed E-state index contributed by atoms with van der Waals surface area (Å²) in [6.07, 6.45) is 1.92. The van der Waals surface area contributed by atoms with Gasteiger partial charge in [-0.2, -0.15) is 5.26 Å². The van der Waals surface area contributed by atoms with E-state index in [-0.39, 0.29) is 0 Å². The van der Waals surface area contributed by atoms with Crippen molar-refractivity contribution in [3.63, 3.8) is 0 Å². The van der Waals surface area contributed by atoms with Crippen LogP contribution in [0.1, 0.15) is 16.7 Å². The van der Waals surface area contributed by atoms with Gasteiger partial charge in [0.1, 0.15) is 0 Å². The second-order valence-electron chi connectivity index (χ2n) is 8.09. The molecule has 1 aliphatic heterocycles.